The van der Waals surface area contributed by atoms with Crippen LogP contribution in [0.15, 0.2) is 0 Å². The fourth-order valence-corrected chi connectivity index (χ4v) is 8.95. The van der Waals surface area contributed by atoms with Gasteiger partial charge in [-0.1, -0.05) is 20.8 Å². The molecule has 5 aliphatic rings. The first kappa shape index (κ1) is 20.8. The Labute approximate surface area is 180 Å². The molecule has 0 aromatic rings. The van der Waals surface area contributed by atoms with Crippen LogP contribution in [0.2, 0.25) is 0 Å². The molecule has 1 spiro atoms. The first-order chi connectivity index (χ1) is 14.1. The molecule has 0 bridgehead atoms. The third-order valence-corrected chi connectivity index (χ3v) is 10.8. The van der Waals surface area contributed by atoms with Gasteiger partial charge in [0.15, 0.2) is 0 Å². The zero-order valence-electron chi connectivity index (χ0n) is 19.3. The topological polar surface area (TPSA) is 65.1 Å². The van der Waals surface area contributed by atoms with Gasteiger partial charge in [-0.25, -0.2) is 0 Å². The summed E-state index contributed by atoms with van der Waals surface area (Å²) < 4.78 is 17.7. The molecule has 5 fully saturated rings. The van der Waals surface area contributed by atoms with Crippen molar-refractivity contribution >= 4 is 11.9 Å². The van der Waals surface area contributed by atoms with Crippen LogP contribution in [0.5, 0.6) is 0 Å². The molecule has 5 nitrogen and oxygen atoms in total. The molecule has 5 heteroatoms. The molecule has 4 aliphatic carbocycles. The maximum absolute atomic E-state index is 11.5. The summed E-state index contributed by atoms with van der Waals surface area (Å²) in [6, 6.07) is 0. The van der Waals surface area contributed by atoms with Crippen LogP contribution in [-0.4, -0.2) is 36.4 Å². The molecule has 168 valence electrons. The normalized spacial score (nSPS) is 53.6. The summed E-state index contributed by atoms with van der Waals surface area (Å²) in [6.45, 7) is 11.0. The molecular formula is C25H38O5. The molecule has 1 saturated heterocycles. The molecule has 30 heavy (non-hydrogen) atoms. The molecule has 0 radical (unpaired) electrons. The number of hydrogen-bond acceptors (Lipinski definition) is 5. The highest BCUT2D eigenvalue weighted by atomic mass is 16.6. The third-order valence-electron chi connectivity index (χ3n) is 10.8. The zero-order valence-corrected chi connectivity index (χ0v) is 19.3. The zero-order chi connectivity index (χ0) is 21.5. The van der Waals surface area contributed by atoms with E-state index in [9.17, 15) is 9.59 Å². The quantitative estimate of drug-likeness (QED) is 0.493. The highest BCUT2D eigenvalue weighted by Gasteiger charge is 2.81. The second-order valence-corrected chi connectivity index (χ2v) is 11.8. The van der Waals surface area contributed by atoms with Crippen LogP contribution in [0.4, 0.5) is 0 Å². The maximum Gasteiger partial charge on any atom is 0.302 e. The number of epoxide rings is 1. The van der Waals surface area contributed by atoms with Gasteiger partial charge in [0.05, 0.1) is 12.7 Å². The van der Waals surface area contributed by atoms with Gasteiger partial charge in [0.1, 0.15) is 11.7 Å². The second kappa shape index (κ2) is 6.46. The highest BCUT2D eigenvalue weighted by molar-refractivity contribution is 5.66. The molecule has 1 aliphatic heterocycles. The summed E-state index contributed by atoms with van der Waals surface area (Å²) in [6.07, 6.45) is 9.37. The largest absolute Gasteiger partial charge is 0.466 e. The summed E-state index contributed by atoms with van der Waals surface area (Å²) in [4.78, 5) is 23.0. The van der Waals surface area contributed by atoms with Gasteiger partial charge in [-0.3, -0.25) is 9.59 Å². The van der Waals surface area contributed by atoms with Gasteiger partial charge in [-0.15, -0.1) is 0 Å². The molecule has 4 saturated carbocycles. The summed E-state index contributed by atoms with van der Waals surface area (Å²) in [5.74, 6) is 1.37. The highest BCUT2D eigenvalue weighted by Crippen LogP contribution is 2.77. The van der Waals surface area contributed by atoms with E-state index in [1.54, 1.807) is 0 Å². The first-order valence-electron chi connectivity index (χ1n) is 12.0. The average molecular weight is 419 g/mol. The van der Waals surface area contributed by atoms with Crippen molar-refractivity contribution in [2.45, 2.75) is 104 Å². The van der Waals surface area contributed by atoms with Crippen LogP contribution in [0, 0.1) is 34.0 Å². The fraction of sp³-hybridized carbons (Fsp3) is 0.920. The SMILES string of the molecule is CC(=O)OC[C@H]1C[C@@H]2O[C@@]23[C@H]2CC[C@@]4(C)C[C@@H](OC(C)=O)CC[C@]4(C)[C@@H]2CC[C@@]13C. The van der Waals surface area contributed by atoms with Crippen molar-refractivity contribution in [3.05, 3.63) is 0 Å². The van der Waals surface area contributed by atoms with E-state index in [1.165, 1.54) is 33.1 Å². The van der Waals surface area contributed by atoms with Crippen LogP contribution in [0.25, 0.3) is 0 Å². The molecule has 1 heterocycles. The van der Waals surface area contributed by atoms with E-state index in [2.05, 4.69) is 20.8 Å². The Hall–Kier alpha value is -1.10. The van der Waals surface area contributed by atoms with Gasteiger partial charge in [-0.2, -0.15) is 0 Å². The standard InChI is InChI=1S/C25H38O5/c1-15(26)28-14-17-12-21-25(30-21)20-7-9-22(3)13-18(29-16(2)27)6-10-24(22,5)19(20)8-11-23(17,25)4/h17-21H,6-14H2,1-5H3/t17-,18+,19-,20+,21+,22+,23+,24-,25+/m1/s1. The number of ether oxygens (including phenoxy) is 3. The van der Waals surface area contributed by atoms with Gasteiger partial charge in [-0.05, 0) is 74.0 Å². The van der Waals surface area contributed by atoms with Gasteiger partial charge < -0.3 is 14.2 Å². The van der Waals surface area contributed by atoms with Crippen LogP contribution >= 0.6 is 0 Å². The smallest absolute Gasteiger partial charge is 0.302 e. The number of carbonyl (C=O) groups is 2. The predicted molar refractivity (Wildman–Crippen MR) is 112 cm³/mol. The minimum Gasteiger partial charge on any atom is -0.466 e. The Balaban J connectivity index is 1.39. The van der Waals surface area contributed by atoms with Crippen LogP contribution in [0.3, 0.4) is 0 Å². The lowest BCUT2D eigenvalue weighted by Gasteiger charge is -2.65. The van der Waals surface area contributed by atoms with E-state index >= 15 is 0 Å². The van der Waals surface area contributed by atoms with Crippen molar-refractivity contribution < 1.29 is 23.8 Å². The lowest BCUT2D eigenvalue weighted by molar-refractivity contribution is -0.192. The average Bonchev–Trinajstić information content (AvgIpc) is 3.31. The lowest BCUT2D eigenvalue weighted by atomic mass is 9.40. The van der Waals surface area contributed by atoms with E-state index in [1.807, 2.05) is 0 Å². The van der Waals surface area contributed by atoms with E-state index in [0.29, 0.717) is 30.5 Å². The van der Waals surface area contributed by atoms with E-state index < -0.39 is 0 Å². The number of rotatable bonds is 3. The van der Waals surface area contributed by atoms with Gasteiger partial charge in [0, 0.05) is 25.2 Å². The fourth-order valence-electron chi connectivity index (χ4n) is 8.95. The Morgan fingerprint density at radius 2 is 1.63 bits per heavy atom. The van der Waals surface area contributed by atoms with Crippen molar-refractivity contribution in [1.29, 1.82) is 0 Å². The minimum absolute atomic E-state index is 0.00218. The molecule has 5 rings (SSSR count). The predicted octanol–water partition coefficient (Wildman–Crippen LogP) is 4.66. The Morgan fingerprint density at radius 1 is 0.933 bits per heavy atom. The Kier molecular flexibility index (Phi) is 4.48. The number of esters is 2. The van der Waals surface area contributed by atoms with E-state index in [0.717, 1.165) is 32.1 Å². The third kappa shape index (κ3) is 2.56. The van der Waals surface area contributed by atoms with Crippen molar-refractivity contribution in [2.75, 3.05) is 6.61 Å². The number of fused-ring (bicyclic) bond motifs is 3. The minimum atomic E-state index is -0.173. The van der Waals surface area contributed by atoms with Crippen molar-refractivity contribution in [1.82, 2.24) is 0 Å². The maximum atomic E-state index is 11.5. The van der Waals surface area contributed by atoms with Crippen LogP contribution in [0.1, 0.15) is 86.0 Å². The van der Waals surface area contributed by atoms with Crippen molar-refractivity contribution in [3.8, 4) is 0 Å². The number of hydrogen-bond donors (Lipinski definition) is 0. The molecule has 0 amide bonds. The summed E-state index contributed by atoms with van der Waals surface area (Å²) in [7, 11) is 0. The second-order valence-electron chi connectivity index (χ2n) is 11.8. The number of carbonyl (C=O) groups excluding carboxylic acids is 2. The van der Waals surface area contributed by atoms with Crippen LogP contribution < -0.4 is 0 Å². The Morgan fingerprint density at radius 3 is 2.33 bits per heavy atom. The lowest BCUT2D eigenvalue weighted by Crippen LogP contribution is -2.62. The van der Waals surface area contributed by atoms with Gasteiger partial charge in [0.25, 0.3) is 0 Å². The molecule has 9 atom stereocenters. The monoisotopic (exact) mass is 418 g/mol. The van der Waals surface area contributed by atoms with Crippen LogP contribution in [-0.2, 0) is 23.8 Å². The molecular weight excluding hydrogens is 380 g/mol. The Bertz CT molecular complexity index is 763. The van der Waals surface area contributed by atoms with E-state index in [4.69, 9.17) is 14.2 Å². The molecule has 0 N–H and O–H groups in total. The summed E-state index contributed by atoms with van der Waals surface area (Å²) in [5.41, 5.74) is 0.606. The van der Waals surface area contributed by atoms with E-state index in [-0.39, 0.29) is 39.9 Å². The molecule has 0 aromatic carbocycles. The summed E-state index contributed by atoms with van der Waals surface area (Å²) in [5, 5.41) is 0. The molecule has 0 unspecified atom stereocenters. The van der Waals surface area contributed by atoms with Gasteiger partial charge >= 0.3 is 11.9 Å². The first-order valence-corrected chi connectivity index (χ1v) is 12.0. The van der Waals surface area contributed by atoms with Gasteiger partial charge in [0.2, 0.25) is 0 Å². The molecule has 0 aromatic heterocycles. The van der Waals surface area contributed by atoms with Crippen molar-refractivity contribution in [3.63, 3.8) is 0 Å². The summed E-state index contributed by atoms with van der Waals surface area (Å²) >= 11 is 0. The van der Waals surface area contributed by atoms with Crippen molar-refractivity contribution in [2.24, 2.45) is 34.0 Å².